The predicted molar refractivity (Wildman–Crippen MR) is 174 cm³/mol. The molecule has 0 radical (unpaired) electrons. The molecule has 4 rings (SSSR count). The molecule has 2 amide bonds. The van der Waals surface area contributed by atoms with Gasteiger partial charge in [0, 0.05) is 29.0 Å². The highest BCUT2D eigenvalue weighted by molar-refractivity contribution is 9.10. The maximum atomic E-state index is 15.0. The summed E-state index contributed by atoms with van der Waals surface area (Å²) in [6.07, 6.45) is 0.141. The molecule has 0 aliphatic heterocycles. The zero-order chi connectivity index (χ0) is 31.9. The Morgan fingerprint density at radius 2 is 1.48 bits per heavy atom. The van der Waals surface area contributed by atoms with E-state index in [1.807, 2.05) is 51.1 Å². The predicted octanol–water partition coefficient (Wildman–Crippen LogP) is 6.26. The standard InChI is InChI=1S/C34H35BrFN3O4S/c1-24(2)37-34(41)32(21-26-9-5-4-6-10-26)38(22-27-11-7-8-12-31(27)36)33(40)23-39(29-17-15-28(35)16-18-29)44(42,43)30-19-13-25(3)14-20-30/h4-20,24,32H,21-23H2,1-3H3,(H,37,41)/t32-/m0/s1. The molecule has 0 heterocycles. The van der Waals surface area contributed by atoms with E-state index in [9.17, 15) is 22.4 Å². The van der Waals surface area contributed by atoms with Gasteiger partial charge in [-0.3, -0.25) is 13.9 Å². The van der Waals surface area contributed by atoms with Crippen molar-refractivity contribution >= 4 is 43.5 Å². The number of rotatable bonds is 12. The summed E-state index contributed by atoms with van der Waals surface area (Å²) >= 11 is 3.38. The number of nitrogens with zero attached hydrogens (tertiary/aromatic N) is 2. The normalized spacial score (nSPS) is 12.0. The van der Waals surface area contributed by atoms with E-state index >= 15 is 0 Å². The average Bonchev–Trinajstić information content (AvgIpc) is 2.99. The number of hydrogen-bond donors (Lipinski definition) is 1. The van der Waals surface area contributed by atoms with Crippen molar-refractivity contribution in [2.75, 3.05) is 10.8 Å². The first kappa shape index (κ1) is 32.9. The van der Waals surface area contributed by atoms with Crippen molar-refractivity contribution < 1.29 is 22.4 Å². The van der Waals surface area contributed by atoms with Crippen molar-refractivity contribution in [3.8, 4) is 0 Å². The maximum absolute atomic E-state index is 15.0. The molecule has 1 N–H and O–H groups in total. The number of aryl methyl sites for hydroxylation is 1. The first-order valence-corrected chi connectivity index (χ1v) is 16.4. The van der Waals surface area contributed by atoms with Gasteiger partial charge in [-0.15, -0.1) is 0 Å². The lowest BCUT2D eigenvalue weighted by Crippen LogP contribution is -2.54. The zero-order valence-corrected chi connectivity index (χ0v) is 27.2. The van der Waals surface area contributed by atoms with Crippen LogP contribution in [0.2, 0.25) is 0 Å². The van der Waals surface area contributed by atoms with Crippen LogP contribution >= 0.6 is 15.9 Å². The van der Waals surface area contributed by atoms with Gasteiger partial charge in [0.05, 0.1) is 10.6 Å². The van der Waals surface area contributed by atoms with Gasteiger partial charge in [0.15, 0.2) is 0 Å². The van der Waals surface area contributed by atoms with Gasteiger partial charge in [0.1, 0.15) is 18.4 Å². The van der Waals surface area contributed by atoms with Gasteiger partial charge in [-0.05, 0) is 68.8 Å². The quantitative estimate of drug-likeness (QED) is 0.192. The highest BCUT2D eigenvalue weighted by Crippen LogP contribution is 2.27. The second kappa shape index (κ2) is 14.6. The molecule has 0 saturated carbocycles. The molecule has 10 heteroatoms. The second-order valence-corrected chi connectivity index (χ2v) is 13.6. The van der Waals surface area contributed by atoms with Crippen LogP contribution in [0.1, 0.15) is 30.5 Å². The Hall–Kier alpha value is -4.02. The SMILES string of the molecule is Cc1ccc(S(=O)(=O)N(CC(=O)N(Cc2ccccc2F)[C@@H](Cc2ccccc2)C(=O)NC(C)C)c2ccc(Br)cc2)cc1. The van der Waals surface area contributed by atoms with Crippen LogP contribution in [0.5, 0.6) is 0 Å². The van der Waals surface area contributed by atoms with Gasteiger partial charge in [0.25, 0.3) is 10.0 Å². The van der Waals surface area contributed by atoms with Crippen LogP contribution in [-0.4, -0.2) is 43.8 Å². The molecule has 0 aliphatic carbocycles. The molecule has 0 saturated heterocycles. The average molecular weight is 681 g/mol. The number of amides is 2. The molecule has 1 atom stereocenters. The van der Waals surface area contributed by atoms with Crippen LogP contribution in [0.25, 0.3) is 0 Å². The first-order valence-electron chi connectivity index (χ1n) is 14.2. The summed E-state index contributed by atoms with van der Waals surface area (Å²) in [4.78, 5) is 29.3. The van der Waals surface area contributed by atoms with E-state index < -0.39 is 40.2 Å². The van der Waals surface area contributed by atoms with E-state index in [2.05, 4.69) is 21.2 Å². The molecule has 230 valence electrons. The number of carbonyl (C=O) groups is 2. The third-order valence-corrected chi connectivity index (χ3v) is 9.32. The number of nitrogens with one attached hydrogen (secondary N) is 1. The lowest BCUT2D eigenvalue weighted by Gasteiger charge is -2.34. The van der Waals surface area contributed by atoms with E-state index in [1.165, 1.54) is 23.1 Å². The molecule has 44 heavy (non-hydrogen) atoms. The van der Waals surface area contributed by atoms with E-state index in [1.54, 1.807) is 54.6 Å². The van der Waals surface area contributed by atoms with Gasteiger partial charge < -0.3 is 10.2 Å². The van der Waals surface area contributed by atoms with Crippen molar-refractivity contribution in [1.82, 2.24) is 10.2 Å². The van der Waals surface area contributed by atoms with Crippen LogP contribution in [0.3, 0.4) is 0 Å². The minimum absolute atomic E-state index is 0.0119. The highest BCUT2D eigenvalue weighted by atomic mass is 79.9. The van der Waals surface area contributed by atoms with Crippen LogP contribution < -0.4 is 9.62 Å². The van der Waals surface area contributed by atoms with Crippen molar-refractivity contribution in [3.05, 3.63) is 130 Å². The molecule has 4 aromatic rings. The molecule has 0 fully saturated rings. The Kier molecular flexibility index (Phi) is 10.9. The van der Waals surface area contributed by atoms with Crippen LogP contribution in [0.4, 0.5) is 10.1 Å². The van der Waals surface area contributed by atoms with Crippen LogP contribution in [-0.2, 0) is 32.6 Å². The Balaban J connectivity index is 1.81. The maximum Gasteiger partial charge on any atom is 0.264 e. The first-order chi connectivity index (χ1) is 21.0. The lowest BCUT2D eigenvalue weighted by atomic mass is 10.0. The fourth-order valence-electron chi connectivity index (χ4n) is 4.72. The summed E-state index contributed by atoms with van der Waals surface area (Å²) < 4.78 is 44.8. The van der Waals surface area contributed by atoms with E-state index in [0.717, 1.165) is 19.9 Å². The summed E-state index contributed by atoms with van der Waals surface area (Å²) in [5.41, 5.74) is 2.14. The molecule has 7 nitrogen and oxygen atoms in total. The third-order valence-electron chi connectivity index (χ3n) is 7.00. The van der Waals surface area contributed by atoms with E-state index in [0.29, 0.717) is 0 Å². The van der Waals surface area contributed by atoms with Gasteiger partial charge in [-0.2, -0.15) is 0 Å². The number of benzene rings is 4. The molecule has 0 spiro atoms. The monoisotopic (exact) mass is 679 g/mol. The summed E-state index contributed by atoms with van der Waals surface area (Å²) in [7, 11) is -4.22. The summed E-state index contributed by atoms with van der Waals surface area (Å²) in [6.45, 7) is 4.61. The Labute approximate surface area is 266 Å². The molecule has 4 aromatic carbocycles. The number of hydrogen-bond acceptors (Lipinski definition) is 4. The minimum Gasteiger partial charge on any atom is -0.352 e. The minimum atomic E-state index is -4.22. The molecule has 0 aliphatic rings. The lowest BCUT2D eigenvalue weighted by molar-refractivity contribution is -0.140. The topological polar surface area (TPSA) is 86.8 Å². The fraction of sp³-hybridized carbons (Fsp3) is 0.235. The Morgan fingerprint density at radius 3 is 2.09 bits per heavy atom. The fourth-order valence-corrected chi connectivity index (χ4v) is 6.40. The largest absolute Gasteiger partial charge is 0.352 e. The molecule has 0 unspecified atom stereocenters. The van der Waals surface area contributed by atoms with E-state index in [4.69, 9.17) is 0 Å². The van der Waals surface area contributed by atoms with Gasteiger partial charge >= 0.3 is 0 Å². The Bertz CT molecular complexity index is 1680. The Morgan fingerprint density at radius 1 is 0.864 bits per heavy atom. The van der Waals surface area contributed by atoms with Gasteiger partial charge in [-0.25, -0.2) is 12.8 Å². The van der Waals surface area contributed by atoms with Crippen LogP contribution in [0, 0.1) is 12.7 Å². The third kappa shape index (κ3) is 8.33. The second-order valence-electron chi connectivity index (χ2n) is 10.8. The van der Waals surface area contributed by atoms with E-state index in [-0.39, 0.29) is 35.2 Å². The molecule has 0 aromatic heterocycles. The summed E-state index contributed by atoms with van der Waals surface area (Å²) in [5, 5.41) is 2.89. The smallest absolute Gasteiger partial charge is 0.264 e. The van der Waals surface area contributed by atoms with Crippen LogP contribution in [0.15, 0.2) is 112 Å². The van der Waals surface area contributed by atoms with Crippen molar-refractivity contribution in [1.29, 1.82) is 0 Å². The molecule has 0 bridgehead atoms. The number of sulfonamides is 1. The van der Waals surface area contributed by atoms with Gasteiger partial charge in [-0.1, -0.05) is 82.2 Å². The molecular weight excluding hydrogens is 645 g/mol. The number of halogens is 2. The number of carbonyl (C=O) groups excluding carboxylic acids is 2. The molecular formula is C34H35BrFN3O4S. The summed E-state index contributed by atoms with van der Waals surface area (Å²) in [6, 6.07) is 26.9. The highest BCUT2D eigenvalue weighted by Gasteiger charge is 2.35. The number of anilines is 1. The van der Waals surface area contributed by atoms with Crippen molar-refractivity contribution in [3.63, 3.8) is 0 Å². The van der Waals surface area contributed by atoms with Gasteiger partial charge in [0.2, 0.25) is 11.8 Å². The zero-order valence-electron chi connectivity index (χ0n) is 24.8. The van der Waals surface area contributed by atoms with Crippen molar-refractivity contribution in [2.45, 2.75) is 50.7 Å². The van der Waals surface area contributed by atoms with Crippen molar-refractivity contribution in [2.24, 2.45) is 0 Å². The summed E-state index contributed by atoms with van der Waals surface area (Å²) in [5.74, 6) is -1.62.